The van der Waals surface area contributed by atoms with Crippen molar-refractivity contribution in [3.8, 4) is 0 Å². The van der Waals surface area contributed by atoms with E-state index in [0.29, 0.717) is 17.0 Å². The van der Waals surface area contributed by atoms with Crippen molar-refractivity contribution < 1.29 is 4.39 Å². The first-order valence-electron chi connectivity index (χ1n) is 6.22. The summed E-state index contributed by atoms with van der Waals surface area (Å²) in [5.74, 6) is 0.202. The van der Waals surface area contributed by atoms with Crippen LogP contribution in [0.4, 0.5) is 4.39 Å². The molecule has 1 aromatic carbocycles. The minimum atomic E-state index is -0.274. The lowest BCUT2D eigenvalue weighted by molar-refractivity contribution is 0.399. The Hall–Kier alpha value is -0.600. The van der Waals surface area contributed by atoms with E-state index in [1.807, 2.05) is 0 Å². The summed E-state index contributed by atoms with van der Waals surface area (Å²) in [6, 6.07) is 5.07. The molecule has 0 fully saturated rings. The van der Waals surface area contributed by atoms with Gasteiger partial charge in [0.25, 0.3) is 0 Å². The molecule has 0 aromatic heterocycles. The summed E-state index contributed by atoms with van der Waals surface area (Å²) in [5, 5.41) is 3.99. The van der Waals surface area contributed by atoms with Crippen molar-refractivity contribution in [1.29, 1.82) is 0 Å². The topological polar surface area (TPSA) is 12.0 Å². The van der Waals surface area contributed by atoms with Crippen molar-refractivity contribution in [2.45, 2.75) is 39.7 Å². The van der Waals surface area contributed by atoms with E-state index in [1.165, 1.54) is 12.1 Å². The quantitative estimate of drug-likeness (QED) is 0.811. The van der Waals surface area contributed by atoms with Gasteiger partial charge in [-0.05, 0) is 49.9 Å². The van der Waals surface area contributed by atoms with Gasteiger partial charge in [0.15, 0.2) is 0 Å². The first-order chi connectivity index (χ1) is 8.04. The van der Waals surface area contributed by atoms with Gasteiger partial charge >= 0.3 is 0 Å². The molecule has 1 nitrogen and oxygen atoms in total. The first-order valence-corrected chi connectivity index (χ1v) is 6.59. The minimum absolute atomic E-state index is 0.274. The predicted molar refractivity (Wildman–Crippen MR) is 72.0 cm³/mol. The Morgan fingerprint density at radius 3 is 2.65 bits per heavy atom. The molecule has 0 radical (unpaired) electrons. The second kappa shape index (κ2) is 6.97. The summed E-state index contributed by atoms with van der Waals surface area (Å²) in [5.41, 5.74) is 1.02. The van der Waals surface area contributed by atoms with E-state index in [2.05, 4.69) is 26.1 Å². The van der Waals surface area contributed by atoms with Crippen molar-refractivity contribution in [3.63, 3.8) is 0 Å². The van der Waals surface area contributed by atoms with E-state index in [1.54, 1.807) is 6.07 Å². The van der Waals surface area contributed by atoms with Gasteiger partial charge in [-0.3, -0.25) is 0 Å². The molecule has 0 saturated carbocycles. The van der Waals surface area contributed by atoms with Gasteiger partial charge in [-0.2, -0.15) is 0 Å². The van der Waals surface area contributed by atoms with E-state index in [0.717, 1.165) is 24.9 Å². The molecule has 1 rings (SSSR count). The molecule has 0 spiro atoms. The SMILES string of the molecule is CCCNC(C)C(C)Cc1ccc(F)cc1Cl. The van der Waals surface area contributed by atoms with Gasteiger partial charge in [0.2, 0.25) is 0 Å². The van der Waals surface area contributed by atoms with Crippen molar-refractivity contribution in [3.05, 3.63) is 34.6 Å². The fourth-order valence-corrected chi connectivity index (χ4v) is 2.03. The fourth-order valence-electron chi connectivity index (χ4n) is 1.78. The smallest absolute Gasteiger partial charge is 0.124 e. The number of hydrogen-bond donors (Lipinski definition) is 1. The van der Waals surface area contributed by atoms with Gasteiger partial charge in [-0.1, -0.05) is 31.5 Å². The lowest BCUT2D eigenvalue weighted by Gasteiger charge is -2.21. The summed E-state index contributed by atoms with van der Waals surface area (Å²) in [6.07, 6.45) is 2.01. The second-order valence-electron chi connectivity index (χ2n) is 4.66. The highest BCUT2D eigenvalue weighted by Gasteiger charge is 2.13. The van der Waals surface area contributed by atoms with Crippen LogP contribution in [0.25, 0.3) is 0 Å². The molecular formula is C14H21ClFN. The molecule has 0 saturated heterocycles. The summed E-state index contributed by atoms with van der Waals surface area (Å²) >= 11 is 6.02. The van der Waals surface area contributed by atoms with Crippen LogP contribution in [-0.4, -0.2) is 12.6 Å². The van der Waals surface area contributed by atoms with Crippen molar-refractivity contribution in [2.75, 3.05) is 6.54 Å². The molecule has 96 valence electrons. The number of hydrogen-bond acceptors (Lipinski definition) is 1. The summed E-state index contributed by atoms with van der Waals surface area (Å²) < 4.78 is 12.9. The molecule has 0 heterocycles. The highest BCUT2D eigenvalue weighted by molar-refractivity contribution is 6.31. The Balaban J connectivity index is 2.58. The van der Waals surface area contributed by atoms with E-state index in [-0.39, 0.29) is 5.82 Å². The molecule has 2 unspecified atom stereocenters. The van der Waals surface area contributed by atoms with Crippen LogP contribution < -0.4 is 5.32 Å². The molecule has 1 aromatic rings. The molecule has 0 bridgehead atoms. The Kier molecular flexibility index (Phi) is 5.93. The van der Waals surface area contributed by atoms with Crippen LogP contribution in [0.15, 0.2) is 18.2 Å². The standard InChI is InChI=1S/C14H21ClFN/c1-4-7-17-11(3)10(2)8-12-5-6-13(16)9-14(12)15/h5-6,9-11,17H,4,7-8H2,1-3H3. The Labute approximate surface area is 108 Å². The predicted octanol–water partition coefficient (Wildman–Crippen LogP) is 4.05. The maximum atomic E-state index is 12.9. The van der Waals surface area contributed by atoms with E-state index in [4.69, 9.17) is 11.6 Å². The molecule has 0 aliphatic rings. The van der Waals surface area contributed by atoms with Gasteiger partial charge in [-0.15, -0.1) is 0 Å². The van der Waals surface area contributed by atoms with Crippen LogP contribution in [0, 0.1) is 11.7 Å². The molecule has 2 atom stereocenters. The van der Waals surface area contributed by atoms with Crippen LogP contribution in [-0.2, 0) is 6.42 Å². The monoisotopic (exact) mass is 257 g/mol. The molecule has 0 aliphatic carbocycles. The van der Waals surface area contributed by atoms with Crippen LogP contribution in [0.2, 0.25) is 5.02 Å². The highest BCUT2D eigenvalue weighted by Crippen LogP contribution is 2.21. The van der Waals surface area contributed by atoms with Gasteiger partial charge in [0.1, 0.15) is 5.82 Å². The third-order valence-corrected chi connectivity index (χ3v) is 3.48. The zero-order valence-electron chi connectivity index (χ0n) is 10.8. The number of nitrogens with one attached hydrogen (secondary N) is 1. The average Bonchev–Trinajstić information content (AvgIpc) is 2.29. The van der Waals surface area contributed by atoms with Gasteiger partial charge in [0.05, 0.1) is 0 Å². The first kappa shape index (κ1) is 14.5. The summed E-state index contributed by atoms with van der Waals surface area (Å²) in [6.45, 7) is 7.55. The maximum Gasteiger partial charge on any atom is 0.124 e. The Morgan fingerprint density at radius 1 is 1.35 bits per heavy atom. The molecule has 3 heteroatoms. The van der Waals surface area contributed by atoms with E-state index in [9.17, 15) is 4.39 Å². The Morgan fingerprint density at radius 2 is 2.06 bits per heavy atom. The largest absolute Gasteiger partial charge is 0.314 e. The fraction of sp³-hybridized carbons (Fsp3) is 0.571. The van der Waals surface area contributed by atoms with Crippen molar-refractivity contribution in [1.82, 2.24) is 5.32 Å². The molecule has 0 amide bonds. The number of benzene rings is 1. The summed E-state index contributed by atoms with van der Waals surface area (Å²) in [7, 11) is 0. The molecular weight excluding hydrogens is 237 g/mol. The second-order valence-corrected chi connectivity index (χ2v) is 5.07. The lowest BCUT2D eigenvalue weighted by Crippen LogP contribution is -2.33. The third-order valence-electron chi connectivity index (χ3n) is 3.13. The van der Waals surface area contributed by atoms with Gasteiger partial charge in [-0.25, -0.2) is 4.39 Å². The highest BCUT2D eigenvalue weighted by atomic mass is 35.5. The summed E-state index contributed by atoms with van der Waals surface area (Å²) in [4.78, 5) is 0. The van der Waals surface area contributed by atoms with Gasteiger partial charge < -0.3 is 5.32 Å². The maximum absolute atomic E-state index is 12.9. The van der Waals surface area contributed by atoms with E-state index >= 15 is 0 Å². The normalized spacial score (nSPS) is 14.6. The van der Waals surface area contributed by atoms with Crippen LogP contribution in [0.1, 0.15) is 32.8 Å². The van der Waals surface area contributed by atoms with Crippen LogP contribution >= 0.6 is 11.6 Å². The lowest BCUT2D eigenvalue weighted by atomic mass is 9.95. The average molecular weight is 258 g/mol. The van der Waals surface area contributed by atoms with Crippen molar-refractivity contribution in [2.24, 2.45) is 5.92 Å². The third kappa shape index (κ3) is 4.64. The van der Waals surface area contributed by atoms with Crippen LogP contribution in [0.3, 0.4) is 0 Å². The molecule has 0 aliphatic heterocycles. The molecule has 17 heavy (non-hydrogen) atoms. The van der Waals surface area contributed by atoms with E-state index < -0.39 is 0 Å². The van der Waals surface area contributed by atoms with Gasteiger partial charge in [0, 0.05) is 11.1 Å². The van der Waals surface area contributed by atoms with Crippen LogP contribution in [0.5, 0.6) is 0 Å². The Bertz CT molecular complexity index is 354. The zero-order chi connectivity index (χ0) is 12.8. The zero-order valence-corrected chi connectivity index (χ0v) is 11.5. The number of halogens is 2. The minimum Gasteiger partial charge on any atom is -0.314 e. The molecule has 1 N–H and O–H groups in total. The number of rotatable bonds is 6. The van der Waals surface area contributed by atoms with Crippen molar-refractivity contribution >= 4 is 11.6 Å².